The minimum Gasteiger partial charge on any atom is -0.508 e. The highest BCUT2D eigenvalue weighted by molar-refractivity contribution is 6.17. The van der Waals surface area contributed by atoms with Crippen LogP contribution in [0.25, 0.3) is 0 Å². The molecule has 0 amide bonds. The molecule has 0 bridgehead atoms. The average Bonchev–Trinajstić information content (AvgIpc) is 2.48. The summed E-state index contributed by atoms with van der Waals surface area (Å²) in [6.45, 7) is 3.69. The number of rotatable bonds is 10. The molecule has 0 aliphatic heterocycles. The summed E-state index contributed by atoms with van der Waals surface area (Å²) in [6.07, 6.45) is 10.6. The predicted octanol–water partition coefficient (Wildman–Crippen LogP) is 5.62. The van der Waals surface area contributed by atoms with Crippen LogP contribution in [0.5, 0.6) is 11.5 Å². The van der Waals surface area contributed by atoms with Crippen LogP contribution in [0.2, 0.25) is 0 Å². The molecule has 0 aliphatic carbocycles. The van der Waals surface area contributed by atoms with E-state index in [0.29, 0.717) is 11.5 Å². The first kappa shape index (κ1) is 18.2. The van der Waals surface area contributed by atoms with Crippen LogP contribution in [0.4, 0.5) is 0 Å². The lowest BCUT2D eigenvalue weighted by Gasteiger charge is -2.11. The topological polar surface area (TPSA) is 40.5 Å². The van der Waals surface area contributed by atoms with Crippen LogP contribution >= 0.6 is 11.6 Å². The molecule has 0 spiro atoms. The fraction of sp³-hybridized carbons (Fsp3) is 0.667. The summed E-state index contributed by atoms with van der Waals surface area (Å²) in [5.41, 5.74) is 2.44. The molecule has 2 N–H and O–H groups in total. The quantitative estimate of drug-likeness (QED) is 0.334. The van der Waals surface area contributed by atoms with Gasteiger partial charge in [0.25, 0.3) is 0 Å². The van der Waals surface area contributed by atoms with Crippen molar-refractivity contribution in [3.63, 3.8) is 0 Å². The fourth-order valence-electron chi connectivity index (χ4n) is 2.61. The van der Waals surface area contributed by atoms with Gasteiger partial charge in [-0.05, 0) is 55.9 Å². The molecule has 0 aromatic heterocycles. The third kappa shape index (κ3) is 6.17. The van der Waals surface area contributed by atoms with Crippen molar-refractivity contribution in [3.8, 4) is 11.5 Å². The second-order valence-corrected chi connectivity index (χ2v) is 6.30. The molecular weight excluding hydrogens is 284 g/mol. The maximum Gasteiger partial charge on any atom is 0.122 e. The number of hydrogen-bond acceptors (Lipinski definition) is 2. The molecule has 120 valence electrons. The lowest BCUT2D eigenvalue weighted by molar-refractivity contribution is 0.445. The summed E-state index contributed by atoms with van der Waals surface area (Å²) in [5, 5.41) is 19.9. The maximum absolute atomic E-state index is 10.1. The van der Waals surface area contributed by atoms with Gasteiger partial charge in [0.2, 0.25) is 0 Å². The third-order valence-electron chi connectivity index (χ3n) is 4.25. The third-order valence-corrected chi connectivity index (χ3v) is 4.51. The van der Waals surface area contributed by atoms with Crippen LogP contribution in [-0.4, -0.2) is 16.1 Å². The lowest BCUT2D eigenvalue weighted by atomic mass is 9.98. The SMILES string of the molecule is Cc1c(O)cc(CCCCCCCCCCCl)c(O)c1C. The lowest BCUT2D eigenvalue weighted by Crippen LogP contribution is -1.92. The van der Waals surface area contributed by atoms with Gasteiger partial charge >= 0.3 is 0 Å². The first-order chi connectivity index (χ1) is 10.1. The van der Waals surface area contributed by atoms with Gasteiger partial charge in [0, 0.05) is 5.88 Å². The smallest absolute Gasteiger partial charge is 0.122 e. The second-order valence-electron chi connectivity index (χ2n) is 5.92. The van der Waals surface area contributed by atoms with E-state index in [1.54, 1.807) is 6.07 Å². The maximum atomic E-state index is 10.1. The van der Waals surface area contributed by atoms with Gasteiger partial charge in [-0.3, -0.25) is 0 Å². The van der Waals surface area contributed by atoms with Gasteiger partial charge < -0.3 is 10.2 Å². The molecule has 0 fully saturated rings. The zero-order valence-electron chi connectivity index (χ0n) is 13.4. The first-order valence-electron chi connectivity index (χ1n) is 8.15. The molecule has 1 rings (SSSR count). The van der Waals surface area contributed by atoms with E-state index in [9.17, 15) is 10.2 Å². The number of aryl methyl sites for hydroxylation is 1. The van der Waals surface area contributed by atoms with Crippen LogP contribution in [0.15, 0.2) is 6.07 Å². The minimum atomic E-state index is 0.291. The molecule has 1 aromatic carbocycles. The Hall–Kier alpha value is -0.890. The van der Waals surface area contributed by atoms with Gasteiger partial charge in [0.15, 0.2) is 0 Å². The number of hydrogen-bond donors (Lipinski definition) is 2. The number of halogens is 1. The van der Waals surface area contributed by atoms with Gasteiger partial charge in [-0.25, -0.2) is 0 Å². The highest BCUT2D eigenvalue weighted by atomic mass is 35.5. The monoisotopic (exact) mass is 312 g/mol. The van der Waals surface area contributed by atoms with Crippen molar-refractivity contribution in [1.29, 1.82) is 0 Å². The molecule has 0 aliphatic rings. The van der Waals surface area contributed by atoms with E-state index in [4.69, 9.17) is 11.6 Å². The van der Waals surface area contributed by atoms with Gasteiger partial charge in [-0.15, -0.1) is 11.6 Å². The summed E-state index contributed by atoms with van der Waals surface area (Å²) < 4.78 is 0. The molecule has 1 aromatic rings. The van der Waals surface area contributed by atoms with Gasteiger partial charge in [0.1, 0.15) is 11.5 Å². The molecule has 0 radical (unpaired) electrons. The van der Waals surface area contributed by atoms with E-state index in [1.165, 1.54) is 38.5 Å². The van der Waals surface area contributed by atoms with Crippen LogP contribution in [-0.2, 0) is 6.42 Å². The van der Waals surface area contributed by atoms with Gasteiger partial charge in [0.05, 0.1) is 0 Å². The van der Waals surface area contributed by atoms with Gasteiger partial charge in [-0.1, -0.05) is 38.5 Å². The highest BCUT2D eigenvalue weighted by Gasteiger charge is 2.10. The van der Waals surface area contributed by atoms with Crippen molar-refractivity contribution >= 4 is 11.6 Å². The van der Waals surface area contributed by atoms with E-state index < -0.39 is 0 Å². The van der Waals surface area contributed by atoms with E-state index in [-0.39, 0.29) is 0 Å². The second kappa shape index (κ2) is 9.94. The molecule has 21 heavy (non-hydrogen) atoms. The van der Waals surface area contributed by atoms with Crippen molar-refractivity contribution in [1.82, 2.24) is 0 Å². The number of alkyl halides is 1. The summed E-state index contributed by atoms with van der Waals surface area (Å²) in [4.78, 5) is 0. The molecule has 0 saturated heterocycles. The molecule has 2 nitrogen and oxygen atoms in total. The Morgan fingerprint density at radius 3 is 1.90 bits per heavy atom. The van der Waals surface area contributed by atoms with Crippen molar-refractivity contribution in [2.75, 3.05) is 5.88 Å². The largest absolute Gasteiger partial charge is 0.508 e. The molecular formula is C18H29ClO2. The standard InChI is InChI=1S/C18H29ClO2/c1-14-15(2)18(21)16(13-17(14)20)11-9-7-5-3-4-6-8-10-12-19/h13,20-21H,3-12H2,1-2H3. The Morgan fingerprint density at radius 2 is 1.33 bits per heavy atom. The van der Waals surface area contributed by atoms with Crippen LogP contribution < -0.4 is 0 Å². The first-order valence-corrected chi connectivity index (χ1v) is 8.68. The fourth-order valence-corrected chi connectivity index (χ4v) is 2.80. The van der Waals surface area contributed by atoms with Crippen molar-refractivity contribution in [2.45, 2.75) is 71.6 Å². The summed E-state index contributed by atoms with van der Waals surface area (Å²) in [7, 11) is 0. The summed E-state index contributed by atoms with van der Waals surface area (Å²) >= 11 is 5.65. The zero-order chi connectivity index (χ0) is 15.7. The molecule has 0 heterocycles. The number of phenols is 2. The van der Waals surface area contributed by atoms with E-state index in [1.807, 2.05) is 13.8 Å². The summed E-state index contributed by atoms with van der Waals surface area (Å²) in [5.74, 6) is 1.43. The molecule has 3 heteroatoms. The van der Waals surface area contributed by atoms with Crippen LogP contribution in [0, 0.1) is 13.8 Å². The van der Waals surface area contributed by atoms with Crippen LogP contribution in [0.1, 0.15) is 68.1 Å². The Bertz CT molecular complexity index is 430. The Morgan fingerprint density at radius 1 is 0.810 bits per heavy atom. The predicted molar refractivity (Wildman–Crippen MR) is 90.6 cm³/mol. The van der Waals surface area contributed by atoms with Crippen LogP contribution in [0.3, 0.4) is 0 Å². The van der Waals surface area contributed by atoms with Crippen molar-refractivity contribution in [3.05, 3.63) is 22.8 Å². The van der Waals surface area contributed by atoms with E-state index >= 15 is 0 Å². The number of unbranched alkanes of at least 4 members (excludes halogenated alkanes) is 7. The van der Waals surface area contributed by atoms with Crippen molar-refractivity contribution in [2.24, 2.45) is 0 Å². The number of aromatic hydroxyl groups is 2. The number of phenolic OH excluding ortho intramolecular Hbond substituents is 2. The highest BCUT2D eigenvalue weighted by Crippen LogP contribution is 2.32. The molecule has 0 saturated carbocycles. The Balaban J connectivity index is 2.22. The van der Waals surface area contributed by atoms with E-state index in [2.05, 4.69) is 0 Å². The summed E-state index contributed by atoms with van der Waals surface area (Å²) in [6, 6.07) is 1.71. The van der Waals surface area contributed by atoms with Gasteiger partial charge in [-0.2, -0.15) is 0 Å². The Kier molecular flexibility index (Phi) is 8.60. The Labute approximate surface area is 134 Å². The minimum absolute atomic E-state index is 0.291. The zero-order valence-corrected chi connectivity index (χ0v) is 14.2. The normalized spacial score (nSPS) is 11.0. The molecule has 0 atom stereocenters. The van der Waals surface area contributed by atoms with Crippen molar-refractivity contribution < 1.29 is 10.2 Å². The number of benzene rings is 1. The molecule has 0 unspecified atom stereocenters. The average molecular weight is 313 g/mol. The van der Waals surface area contributed by atoms with E-state index in [0.717, 1.165) is 41.8 Å².